The Kier molecular flexibility index (Phi) is 15.7. The summed E-state index contributed by atoms with van der Waals surface area (Å²) in [6, 6.07) is 7.46. The number of hydrogen-bond donors (Lipinski definition) is 2. The van der Waals surface area contributed by atoms with Crippen molar-refractivity contribution in [3.8, 4) is 0 Å². The summed E-state index contributed by atoms with van der Waals surface area (Å²) < 4.78 is 0. The van der Waals surface area contributed by atoms with Gasteiger partial charge in [0.1, 0.15) is 5.78 Å². The molecule has 2 N–H and O–H groups in total. The molecule has 2 amide bonds. The number of thioether (sulfide) groups is 1. The molecule has 44 heavy (non-hydrogen) atoms. The van der Waals surface area contributed by atoms with E-state index in [-0.39, 0.29) is 74.6 Å². The summed E-state index contributed by atoms with van der Waals surface area (Å²) in [7, 11) is 0. The number of nitro benzene ring substituents is 2. The summed E-state index contributed by atoms with van der Waals surface area (Å²) >= 11 is 13.1. The van der Waals surface area contributed by atoms with E-state index in [1.807, 2.05) is 27.7 Å². The first-order chi connectivity index (χ1) is 20.5. The maximum Gasteiger partial charge on any atom is 0.271 e. The van der Waals surface area contributed by atoms with Crippen LogP contribution in [0.3, 0.4) is 0 Å². The van der Waals surface area contributed by atoms with Crippen LogP contribution in [-0.2, 0) is 19.2 Å². The molecule has 0 saturated heterocycles. The van der Waals surface area contributed by atoms with Crippen LogP contribution in [0.1, 0.15) is 53.9 Å². The van der Waals surface area contributed by atoms with Gasteiger partial charge < -0.3 is 10.6 Å². The normalized spacial score (nSPS) is 11.2. The van der Waals surface area contributed by atoms with Gasteiger partial charge in [-0.2, -0.15) is 0 Å². The van der Waals surface area contributed by atoms with Gasteiger partial charge in [0.05, 0.1) is 43.3 Å². The molecule has 0 saturated carbocycles. The van der Waals surface area contributed by atoms with E-state index >= 15 is 0 Å². The standard InChI is InChI=1S/C16H19ClN2O4S.C13H15ClN2O4/c1-9(2)7-14(20)15(10(3)24-4)16(21)18-13-8-11(19(22)23)5-6-12(13)17;1-8(2)5-10(17)7-13(18)15-12-6-9(16(19)20)3-4-11(12)14/h5-6,8-9H,7H2,1-4H3,(H,18,21);3-4,6,8H,5,7H2,1-2H3,(H,15,18)/b15-10+;. The van der Waals surface area contributed by atoms with Crippen LogP contribution in [0.25, 0.3) is 0 Å². The fourth-order valence-corrected chi connectivity index (χ4v) is 4.33. The Hall–Kier alpha value is -3.81. The average Bonchev–Trinajstić information content (AvgIpc) is 2.90. The fraction of sp³-hybridized carbons (Fsp3) is 0.379. The highest BCUT2D eigenvalue weighted by Gasteiger charge is 2.23. The van der Waals surface area contributed by atoms with E-state index in [2.05, 4.69) is 10.6 Å². The molecule has 15 heteroatoms. The Bertz CT molecular complexity index is 1460. The van der Waals surface area contributed by atoms with Crippen LogP contribution >= 0.6 is 35.0 Å². The van der Waals surface area contributed by atoms with Gasteiger partial charge in [0.15, 0.2) is 5.78 Å². The van der Waals surface area contributed by atoms with Crippen molar-refractivity contribution < 1.29 is 29.0 Å². The van der Waals surface area contributed by atoms with Gasteiger partial charge in [-0.05, 0) is 42.1 Å². The molecule has 12 nitrogen and oxygen atoms in total. The van der Waals surface area contributed by atoms with E-state index in [9.17, 15) is 39.4 Å². The third kappa shape index (κ3) is 12.8. The van der Waals surface area contributed by atoms with Crippen molar-refractivity contribution >= 4 is 81.1 Å². The molecule has 0 unspecified atom stereocenters. The minimum absolute atomic E-state index is 0.0544. The number of hydrogen-bond acceptors (Lipinski definition) is 9. The second-order valence-corrected chi connectivity index (χ2v) is 12.1. The SMILES string of the molecule is CC(C)CC(=O)CC(=O)Nc1cc([N+](=O)[O-])ccc1Cl.CS/C(C)=C(\C(=O)CC(C)C)C(=O)Nc1cc([N+](=O)[O-])ccc1Cl. The summed E-state index contributed by atoms with van der Waals surface area (Å²) in [6.07, 6.45) is 2.06. The number of ketones is 2. The molecule has 0 bridgehead atoms. The van der Waals surface area contributed by atoms with Crippen molar-refractivity contribution in [2.24, 2.45) is 11.8 Å². The number of nitrogens with one attached hydrogen (secondary N) is 2. The zero-order valence-electron chi connectivity index (χ0n) is 25.1. The lowest BCUT2D eigenvalue weighted by atomic mass is 10.0. The third-order valence-electron chi connectivity index (χ3n) is 5.60. The van der Waals surface area contributed by atoms with Gasteiger partial charge in [0.25, 0.3) is 17.3 Å². The van der Waals surface area contributed by atoms with E-state index in [0.717, 1.165) is 6.07 Å². The van der Waals surface area contributed by atoms with Crippen molar-refractivity contribution in [3.63, 3.8) is 0 Å². The number of carbonyl (C=O) groups is 4. The number of nitrogens with zero attached hydrogens (tertiary/aromatic N) is 2. The first kappa shape index (κ1) is 38.2. The first-order valence-corrected chi connectivity index (χ1v) is 15.2. The van der Waals surface area contributed by atoms with Gasteiger partial charge in [-0.3, -0.25) is 39.4 Å². The summed E-state index contributed by atoms with van der Waals surface area (Å²) in [5.74, 6) is -1.31. The highest BCUT2D eigenvalue weighted by molar-refractivity contribution is 8.02. The highest BCUT2D eigenvalue weighted by Crippen LogP contribution is 2.29. The van der Waals surface area contributed by atoms with E-state index in [1.54, 1.807) is 13.2 Å². The molecule has 2 aromatic carbocycles. The zero-order chi connectivity index (χ0) is 33.7. The lowest BCUT2D eigenvalue weighted by Gasteiger charge is -2.13. The number of halogens is 2. The molecule has 238 valence electrons. The first-order valence-electron chi connectivity index (χ1n) is 13.3. The predicted octanol–water partition coefficient (Wildman–Crippen LogP) is 7.63. The van der Waals surface area contributed by atoms with Crippen LogP contribution in [0, 0.1) is 32.1 Å². The number of anilines is 2. The van der Waals surface area contributed by atoms with Crippen molar-refractivity contribution in [1.82, 2.24) is 0 Å². The Morgan fingerprint density at radius 2 is 1.27 bits per heavy atom. The molecule has 0 aliphatic rings. The minimum atomic E-state index is -0.616. The van der Waals surface area contributed by atoms with Gasteiger partial charge in [-0.25, -0.2) is 0 Å². The summed E-state index contributed by atoms with van der Waals surface area (Å²) in [5, 5.41) is 26.8. The molecule has 0 spiro atoms. The van der Waals surface area contributed by atoms with Crippen molar-refractivity contribution in [3.05, 3.63) is 77.2 Å². The second-order valence-electron chi connectivity index (χ2n) is 10.3. The molecular weight excluding hydrogens is 635 g/mol. The number of rotatable bonds is 13. The number of allylic oxidation sites excluding steroid dienone is 1. The van der Waals surface area contributed by atoms with E-state index < -0.39 is 21.7 Å². The number of Topliss-reactive ketones (excluding diaryl/α,β-unsaturated/α-hetero) is 2. The maximum atomic E-state index is 12.5. The topological polar surface area (TPSA) is 179 Å². The van der Waals surface area contributed by atoms with Crippen LogP contribution in [0.15, 0.2) is 46.9 Å². The monoisotopic (exact) mass is 668 g/mol. The van der Waals surface area contributed by atoms with Crippen LogP contribution in [0.4, 0.5) is 22.7 Å². The summed E-state index contributed by atoms with van der Waals surface area (Å²) in [4.78, 5) is 69.0. The Labute approximate surface area is 269 Å². The fourth-order valence-electron chi connectivity index (χ4n) is 3.59. The van der Waals surface area contributed by atoms with Crippen LogP contribution in [0.2, 0.25) is 10.0 Å². The molecule has 0 atom stereocenters. The highest BCUT2D eigenvalue weighted by atomic mass is 35.5. The molecule has 0 radical (unpaired) electrons. The molecule has 2 aromatic rings. The smallest absolute Gasteiger partial charge is 0.271 e. The Balaban J connectivity index is 0.000000447. The summed E-state index contributed by atoms with van der Waals surface area (Å²) in [5.41, 5.74) is -0.102. The van der Waals surface area contributed by atoms with E-state index in [4.69, 9.17) is 23.2 Å². The Morgan fingerprint density at radius 1 is 0.818 bits per heavy atom. The van der Waals surface area contributed by atoms with Gasteiger partial charge in [-0.1, -0.05) is 50.9 Å². The molecule has 2 rings (SSSR count). The van der Waals surface area contributed by atoms with Crippen molar-refractivity contribution in [1.29, 1.82) is 0 Å². The van der Waals surface area contributed by atoms with Gasteiger partial charge >= 0.3 is 0 Å². The second kappa shape index (κ2) is 18.1. The van der Waals surface area contributed by atoms with Crippen LogP contribution in [0.5, 0.6) is 0 Å². The summed E-state index contributed by atoms with van der Waals surface area (Å²) in [6.45, 7) is 9.23. The lowest BCUT2D eigenvalue weighted by molar-refractivity contribution is -0.385. The number of carbonyl (C=O) groups excluding carboxylic acids is 4. The van der Waals surface area contributed by atoms with Crippen LogP contribution in [-0.4, -0.2) is 39.5 Å². The number of non-ortho nitro benzene ring substituents is 2. The molecule has 0 heterocycles. The molecular formula is C29H34Cl2N4O8S. The quantitative estimate of drug-likeness (QED) is 0.0713. The average molecular weight is 670 g/mol. The third-order valence-corrected chi connectivity index (χ3v) is 7.07. The molecule has 0 aliphatic carbocycles. The molecule has 0 fully saturated rings. The predicted molar refractivity (Wildman–Crippen MR) is 173 cm³/mol. The van der Waals surface area contributed by atoms with Gasteiger partial charge in [0.2, 0.25) is 5.91 Å². The molecule has 0 aromatic heterocycles. The van der Waals surface area contributed by atoms with E-state index in [0.29, 0.717) is 11.3 Å². The van der Waals surface area contributed by atoms with E-state index in [1.165, 1.54) is 42.1 Å². The Morgan fingerprint density at radius 3 is 1.68 bits per heavy atom. The largest absolute Gasteiger partial charge is 0.324 e. The number of benzene rings is 2. The minimum Gasteiger partial charge on any atom is -0.324 e. The van der Waals surface area contributed by atoms with Gasteiger partial charge in [-0.15, -0.1) is 11.8 Å². The van der Waals surface area contributed by atoms with Gasteiger partial charge in [0, 0.05) is 37.1 Å². The number of amides is 2. The number of nitro groups is 2. The molecule has 0 aliphatic heterocycles. The lowest BCUT2D eigenvalue weighted by Crippen LogP contribution is -2.23. The van der Waals surface area contributed by atoms with Crippen LogP contribution < -0.4 is 10.6 Å². The zero-order valence-corrected chi connectivity index (χ0v) is 27.4. The maximum absolute atomic E-state index is 12.5. The van der Waals surface area contributed by atoms with Crippen molar-refractivity contribution in [2.75, 3.05) is 16.9 Å². The van der Waals surface area contributed by atoms with Crippen molar-refractivity contribution in [2.45, 2.75) is 53.9 Å².